The predicted molar refractivity (Wildman–Crippen MR) is 115 cm³/mol. The smallest absolute Gasteiger partial charge is 0.254 e. The monoisotopic (exact) mass is 435 g/mol. The summed E-state index contributed by atoms with van der Waals surface area (Å²) >= 11 is 5.97. The molecule has 0 radical (unpaired) electrons. The highest BCUT2D eigenvalue weighted by Gasteiger charge is 2.35. The third-order valence-electron chi connectivity index (χ3n) is 5.02. The van der Waals surface area contributed by atoms with E-state index in [2.05, 4.69) is 6.92 Å². The third kappa shape index (κ3) is 5.97. The van der Waals surface area contributed by atoms with E-state index in [4.69, 9.17) is 16.3 Å². The summed E-state index contributed by atoms with van der Waals surface area (Å²) in [5, 5.41) is 0.618. The van der Waals surface area contributed by atoms with Crippen LogP contribution in [0.4, 0.5) is 0 Å². The molecule has 3 rings (SSSR count). The molecule has 1 fully saturated rings. The highest BCUT2D eigenvalue weighted by atomic mass is 35.5. The molecule has 0 N–H and O–H groups in total. The summed E-state index contributed by atoms with van der Waals surface area (Å²) in [4.78, 5) is 15.0. The minimum atomic E-state index is -3.12. The summed E-state index contributed by atoms with van der Waals surface area (Å²) in [5.74, 6) is 0.569. The first-order chi connectivity index (χ1) is 13.9. The molecule has 0 aromatic heterocycles. The zero-order chi connectivity index (χ0) is 20.9. The van der Waals surface area contributed by atoms with E-state index >= 15 is 0 Å². The van der Waals surface area contributed by atoms with Gasteiger partial charge < -0.3 is 9.64 Å². The number of halogens is 1. The highest BCUT2D eigenvalue weighted by molar-refractivity contribution is 7.91. The maximum absolute atomic E-state index is 13.3. The number of benzene rings is 2. The van der Waals surface area contributed by atoms with Crippen LogP contribution in [0.5, 0.6) is 5.75 Å². The molecule has 5 nitrogen and oxygen atoms in total. The fourth-order valence-corrected chi connectivity index (χ4v) is 5.25. The largest absolute Gasteiger partial charge is 0.494 e. The van der Waals surface area contributed by atoms with E-state index in [-0.39, 0.29) is 23.5 Å². The fourth-order valence-electron chi connectivity index (χ4n) is 3.39. The van der Waals surface area contributed by atoms with Crippen LogP contribution in [0.2, 0.25) is 5.02 Å². The van der Waals surface area contributed by atoms with E-state index in [1.807, 2.05) is 18.2 Å². The van der Waals surface area contributed by atoms with Gasteiger partial charge in [0.2, 0.25) is 0 Å². The maximum Gasteiger partial charge on any atom is 0.254 e. The van der Waals surface area contributed by atoms with Crippen LogP contribution < -0.4 is 4.74 Å². The highest BCUT2D eigenvalue weighted by Crippen LogP contribution is 2.24. The van der Waals surface area contributed by atoms with Crippen molar-refractivity contribution in [3.05, 3.63) is 64.7 Å². The normalized spacial score (nSPS) is 17.8. The summed E-state index contributed by atoms with van der Waals surface area (Å²) < 4.78 is 29.8. The van der Waals surface area contributed by atoms with E-state index < -0.39 is 9.84 Å². The summed E-state index contributed by atoms with van der Waals surface area (Å²) in [6, 6.07) is 14.0. The average molecular weight is 436 g/mol. The topological polar surface area (TPSA) is 63.7 Å². The second-order valence-electron chi connectivity index (χ2n) is 7.35. The van der Waals surface area contributed by atoms with Gasteiger partial charge in [0.25, 0.3) is 5.91 Å². The quantitative estimate of drug-likeness (QED) is 0.578. The van der Waals surface area contributed by atoms with E-state index in [0.717, 1.165) is 18.4 Å². The van der Waals surface area contributed by atoms with Gasteiger partial charge in [0.15, 0.2) is 9.84 Å². The molecule has 0 saturated carbocycles. The Bertz CT molecular complexity index is 944. The number of amides is 1. The molecule has 1 aliphatic rings. The van der Waals surface area contributed by atoms with Gasteiger partial charge in [-0.25, -0.2) is 8.42 Å². The predicted octanol–water partition coefficient (Wildman–Crippen LogP) is 4.35. The van der Waals surface area contributed by atoms with Gasteiger partial charge >= 0.3 is 0 Å². The number of carbonyl (C=O) groups excluding carboxylic acids is 1. The molecule has 0 spiro atoms. The zero-order valence-electron chi connectivity index (χ0n) is 16.5. The van der Waals surface area contributed by atoms with Gasteiger partial charge in [-0.1, -0.05) is 43.1 Å². The minimum Gasteiger partial charge on any atom is -0.494 e. The summed E-state index contributed by atoms with van der Waals surface area (Å²) in [5.41, 5.74) is 1.40. The van der Waals surface area contributed by atoms with Crippen molar-refractivity contribution in [2.45, 2.75) is 38.8 Å². The first kappa shape index (κ1) is 21.7. The van der Waals surface area contributed by atoms with Gasteiger partial charge in [-0.2, -0.15) is 0 Å². The van der Waals surface area contributed by atoms with Crippen LogP contribution in [0.3, 0.4) is 0 Å². The van der Waals surface area contributed by atoms with Crippen LogP contribution in [0.1, 0.15) is 42.1 Å². The van der Waals surface area contributed by atoms with E-state index in [0.29, 0.717) is 35.9 Å². The first-order valence-electron chi connectivity index (χ1n) is 9.86. The Morgan fingerprint density at radius 2 is 1.97 bits per heavy atom. The molecule has 2 aromatic rings. The van der Waals surface area contributed by atoms with Gasteiger partial charge in [-0.3, -0.25) is 4.79 Å². The lowest BCUT2D eigenvalue weighted by molar-refractivity contribution is 0.0680. The van der Waals surface area contributed by atoms with Crippen LogP contribution in [-0.4, -0.2) is 43.4 Å². The van der Waals surface area contributed by atoms with E-state index in [9.17, 15) is 13.2 Å². The van der Waals surface area contributed by atoms with Crippen molar-refractivity contribution in [2.75, 3.05) is 18.1 Å². The molecule has 1 atom stereocenters. The molecular formula is C22H26ClNO4S. The van der Waals surface area contributed by atoms with Gasteiger partial charge in [0.05, 0.1) is 18.1 Å². The zero-order valence-corrected chi connectivity index (χ0v) is 18.1. The molecule has 0 aliphatic carbocycles. The van der Waals surface area contributed by atoms with Crippen molar-refractivity contribution in [3.8, 4) is 5.75 Å². The van der Waals surface area contributed by atoms with Gasteiger partial charge in [0.1, 0.15) is 5.75 Å². The molecule has 1 amide bonds. The van der Waals surface area contributed by atoms with Crippen molar-refractivity contribution in [3.63, 3.8) is 0 Å². The Kier molecular flexibility index (Phi) is 7.19. The van der Waals surface area contributed by atoms with Crippen molar-refractivity contribution >= 4 is 27.3 Å². The van der Waals surface area contributed by atoms with Crippen LogP contribution in [-0.2, 0) is 16.4 Å². The third-order valence-corrected chi connectivity index (χ3v) is 7.03. The molecule has 1 saturated heterocycles. The SMILES string of the molecule is CCCCOc1cccc(C(=O)N(Cc2ccc(Cl)cc2)[C@@H]2CCS(=O)(=O)C2)c1. The lowest BCUT2D eigenvalue weighted by atomic mass is 10.1. The minimum absolute atomic E-state index is 0.000972. The Balaban J connectivity index is 1.84. The van der Waals surface area contributed by atoms with Gasteiger partial charge in [-0.05, 0) is 48.7 Å². The molecular weight excluding hydrogens is 410 g/mol. The maximum atomic E-state index is 13.3. The Hall–Kier alpha value is -2.05. The lowest BCUT2D eigenvalue weighted by Crippen LogP contribution is -2.40. The van der Waals surface area contributed by atoms with Crippen LogP contribution >= 0.6 is 11.6 Å². The number of ether oxygens (including phenoxy) is 1. The molecule has 7 heteroatoms. The number of rotatable bonds is 8. The fraction of sp³-hybridized carbons (Fsp3) is 0.409. The number of nitrogens with zero attached hydrogens (tertiary/aromatic N) is 1. The molecule has 2 aromatic carbocycles. The Morgan fingerprint density at radius 3 is 2.62 bits per heavy atom. The first-order valence-corrected chi connectivity index (χ1v) is 12.1. The summed E-state index contributed by atoms with van der Waals surface area (Å²) in [6.45, 7) is 3.02. The molecule has 156 valence electrons. The van der Waals surface area contributed by atoms with Gasteiger partial charge in [-0.15, -0.1) is 0 Å². The number of carbonyl (C=O) groups is 1. The van der Waals surface area contributed by atoms with Crippen molar-refractivity contribution < 1.29 is 17.9 Å². The standard InChI is InChI=1S/C22H26ClNO4S/c1-2-3-12-28-21-6-4-5-18(14-21)22(25)24(20-11-13-29(26,27)16-20)15-17-7-9-19(23)10-8-17/h4-10,14,20H,2-3,11-13,15-16H2,1H3/t20-/m1/s1. The second kappa shape index (κ2) is 9.63. The second-order valence-corrected chi connectivity index (χ2v) is 10.0. The summed E-state index contributed by atoms with van der Waals surface area (Å²) in [6.07, 6.45) is 2.43. The van der Waals surface area contributed by atoms with E-state index in [1.165, 1.54) is 0 Å². The van der Waals surface area contributed by atoms with Crippen LogP contribution in [0, 0.1) is 0 Å². The molecule has 1 aliphatic heterocycles. The molecule has 1 heterocycles. The Labute approximate surface area is 177 Å². The van der Waals surface area contributed by atoms with Gasteiger partial charge in [0, 0.05) is 23.2 Å². The van der Waals surface area contributed by atoms with Crippen molar-refractivity contribution in [1.82, 2.24) is 4.90 Å². The molecule has 29 heavy (non-hydrogen) atoms. The number of unbranched alkanes of at least 4 members (excludes halogenated alkanes) is 1. The molecule has 0 unspecified atom stereocenters. The van der Waals surface area contributed by atoms with E-state index in [1.54, 1.807) is 35.2 Å². The van der Waals surface area contributed by atoms with Crippen molar-refractivity contribution in [1.29, 1.82) is 0 Å². The lowest BCUT2D eigenvalue weighted by Gasteiger charge is -2.28. The van der Waals surface area contributed by atoms with Crippen LogP contribution in [0.25, 0.3) is 0 Å². The number of hydrogen-bond acceptors (Lipinski definition) is 4. The van der Waals surface area contributed by atoms with Crippen molar-refractivity contribution in [2.24, 2.45) is 0 Å². The van der Waals surface area contributed by atoms with Crippen LogP contribution in [0.15, 0.2) is 48.5 Å². The average Bonchev–Trinajstić information content (AvgIpc) is 3.07. The molecule has 0 bridgehead atoms. The number of sulfone groups is 1. The summed E-state index contributed by atoms with van der Waals surface area (Å²) in [7, 11) is -3.12. The Morgan fingerprint density at radius 1 is 1.21 bits per heavy atom. The number of hydrogen-bond donors (Lipinski definition) is 0.